The van der Waals surface area contributed by atoms with Gasteiger partial charge in [-0.05, 0) is 44.0 Å². The van der Waals surface area contributed by atoms with Crippen molar-refractivity contribution in [1.82, 2.24) is 14.9 Å². The average molecular weight is 452 g/mol. The second kappa shape index (κ2) is 8.74. The molecule has 172 valence electrons. The minimum atomic E-state index is -4.67. The molecule has 2 aliphatic rings. The van der Waals surface area contributed by atoms with Gasteiger partial charge in [-0.3, -0.25) is 9.78 Å². The lowest BCUT2D eigenvalue weighted by atomic mass is 9.88. The summed E-state index contributed by atoms with van der Waals surface area (Å²) in [5, 5.41) is 0. The van der Waals surface area contributed by atoms with Crippen LogP contribution in [-0.4, -0.2) is 58.7 Å². The van der Waals surface area contributed by atoms with Gasteiger partial charge in [0.05, 0.1) is 23.5 Å². The molecule has 2 aromatic heterocycles. The van der Waals surface area contributed by atoms with Crippen molar-refractivity contribution in [3.63, 3.8) is 0 Å². The van der Waals surface area contributed by atoms with Crippen LogP contribution in [0.15, 0.2) is 36.7 Å². The number of piperidine rings is 1. The van der Waals surface area contributed by atoms with Crippen LogP contribution < -0.4 is 4.90 Å². The van der Waals surface area contributed by atoms with E-state index in [1.807, 2.05) is 0 Å². The normalized spacial score (nSPS) is 21.8. The zero-order valence-corrected chi connectivity index (χ0v) is 17.6. The standard InChI is InChI=1S/C22H24F4N4O2/c1-15-20(31)30(18-5-3-10-28-19(18)22(24,25)26)14-21(32-15)7-12-29(13-8-21)11-6-17-16(23)4-2-9-27-17/h2-5,9-10,15H,6-8,11-14H2,1H3. The van der Waals surface area contributed by atoms with Crippen molar-refractivity contribution in [2.45, 2.75) is 44.1 Å². The third kappa shape index (κ3) is 4.61. The SMILES string of the molecule is CC1OC2(CCN(CCc3ncccc3F)CC2)CN(c2cccnc2C(F)(F)F)C1=O. The quantitative estimate of drug-likeness (QED) is 0.665. The largest absolute Gasteiger partial charge is 0.435 e. The first-order chi connectivity index (χ1) is 15.2. The summed E-state index contributed by atoms with van der Waals surface area (Å²) in [4.78, 5) is 23.6. The number of nitrogens with zero attached hydrogens (tertiary/aromatic N) is 4. The summed E-state index contributed by atoms with van der Waals surface area (Å²) < 4.78 is 60.3. The van der Waals surface area contributed by atoms with Gasteiger partial charge in [-0.15, -0.1) is 0 Å². The van der Waals surface area contributed by atoms with Crippen molar-refractivity contribution >= 4 is 11.6 Å². The van der Waals surface area contributed by atoms with Crippen LogP contribution in [0.25, 0.3) is 0 Å². The van der Waals surface area contributed by atoms with Gasteiger partial charge in [-0.2, -0.15) is 13.2 Å². The summed E-state index contributed by atoms with van der Waals surface area (Å²) in [5.74, 6) is -0.848. The Hall–Kier alpha value is -2.59. The molecule has 2 saturated heterocycles. The lowest BCUT2D eigenvalue weighted by Crippen LogP contribution is -2.62. The number of aromatic nitrogens is 2. The molecule has 0 aromatic carbocycles. The highest BCUT2D eigenvalue weighted by Crippen LogP contribution is 2.39. The molecule has 0 bridgehead atoms. The van der Waals surface area contributed by atoms with E-state index in [-0.39, 0.29) is 18.0 Å². The molecule has 1 unspecified atom stereocenters. The molecule has 2 aromatic rings. The molecule has 1 spiro atoms. The number of pyridine rings is 2. The van der Waals surface area contributed by atoms with E-state index in [0.29, 0.717) is 44.6 Å². The highest BCUT2D eigenvalue weighted by atomic mass is 19.4. The molecule has 1 atom stereocenters. The van der Waals surface area contributed by atoms with Gasteiger partial charge in [-0.1, -0.05) is 0 Å². The maximum atomic E-state index is 13.8. The number of carbonyl (C=O) groups excluding carboxylic acids is 1. The van der Waals surface area contributed by atoms with Crippen LogP contribution in [0.5, 0.6) is 0 Å². The molecule has 32 heavy (non-hydrogen) atoms. The molecular weight excluding hydrogens is 428 g/mol. The van der Waals surface area contributed by atoms with E-state index >= 15 is 0 Å². The van der Waals surface area contributed by atoms with E-state index in [4.69, 9.17) is 4.74 Å². The van der Waals surface area contributed by atoms with Crippen molar-refractivity contribution in [2.24, 2.45) is 0 Å². The molecule has 2 aliphatic heterocycles. The third-order valence-corrected chi connectivity index (χ3v) is 6.10. The fourth-order valence-electron chi connectivity index (χ4n) is 4.41. The number of amides is 1. The Labute approximate surface area is 183 Å². The Morgan fingerprint density at radius 1 is 1.16 bits per heavy atom. The fourth-order valence-corrected chi connectivity index (χ4v) is 4.41. The maximum Gasteiger partial charge on any atom is 0.435 e. The Bertz CT molecular complexity index is 976. The molecule has 0 saturated carbocycles. The Morgan fingerprint density at radius 3 is 2.53 bits per heavy atom. The monoisotopic (exact) mass is 452 g/mol. The number of hydrogen-bond acceptors (Lipinski definition) is 5. The van der Waals surface area contributed by atoms with Gasteiger partial charge < -0.3 is 14.5 Å². The smallest absolute Gasteiger partial charge is 0.360 e. The van der Waals surface area contributed by atoms with E-state index in [9.17, 15) is 22.4 Å². The van der Waals surface area contributed by atoms with Crippen molar-refractivity contribution in [1.29, 1.82) is 0 Å². The van der Waals surface area contributed by atoms with Gasteiger partial charge in [0.1, 0.15) is 11.9 Å². The Kier molecular flexibility index (Phi) is 6.17. The predicted octanol–water partition coefficient (Wildman–Crippen LogP) is 3.46. The van der Waals surface area contributed by atoms with Crippen LogP contribution in [0, 0.1) is 5.82 Å². The van der Waals surface area contributed by atoms with Gasteiger partial charge in [0, 0.05) is 38.4 Å². The number of ether oxygens (including phenoxy) is 1. The number of anilines is 1. The number of likely N-dealkylation sites (tertiary alicyclic amines) is 1. The number of rotatable bonds is 4. The van der Waals surface area contributed by atoms with Crippen LogP contribution in [0.3, 0.4) is 0 Å². The molecule has 4 heterocycles. The third-order valence-electron chi connectivity index (χ3n) is 6.10. The van der Waals surface area contributed by atoms with Crippen LogP contribution in [0.2, 0.25) is 0 Å². The zero-order chi connectivity index (χ0) is 22.9. The number of carbonyl (C=O) groups is 1. The van der Waals surface area contributed by atoms with E-state index in [1.165, 1.54) is 23.1 Å². The lowest BCUT2D eigenvalue weighted by molar-refractivity contribution is -0.162. The van der Waals surface area contributed by atoms with Crippen molar-refractivity contribution in [3.8, 4) is 0 Å². The highest BCUT2D eigenvalue weighted by molar-refractivity contribution is 5.97. The zero-order valence-electron chi connectivity index (χ0n) is 17.6. The Balaban J connectivity index is 1.46. The van der Waals surface area contributed by atoms with Crippen LogP contribution in [0.4, 0.5) is 23.2 Å². The van der Waals surface area contributed by atoms with Crippen LogP contribution >= 0.6 is 0 Å². The minimum absolute atomic E-state index is 0.0354. The highest BCUT2D eigenvalue weighted by Gasteiger charge is 2.48. The molecule has 0 N–H and O–H groups in total. The van der Waals surface area contributed by atoms with Gasteiger partial charge in [0.15, 0.2) is 5.69 Å². The molecule has 0 aliphatic carbocycles. The summed E-state index contributed by atoms with van der Waals surface area (Å²) in [5.41, 5.74) is -1.65. The van der Waals surface area contributed by atoms with Crippen molar-refractivity contribution < 1.29 is 27.1 Å². The molecule has 2 fully saturated rings. The number of alkyl halides is 3. The van der Waals surface area contributed by atoms with Gasteiger partial charge in [0.25, 0.3) is 5.91 Å². The average Bonchev–Trinajstić information content (AvgIpc) is 2.76. The number of halogens is 4. The van der Waals surface area contributed by atoms with E-state index in [0.717, 1.165) is 6.20 Å². The summed E-state index contributed by atoms with van der Waals surface area (Å²) in [7, 11) is 0. The fraction of sp³-hybridized carbons (Fsp3) is 0.500. The second-order valence-corrected chi connectivity index (χ2v) is 8.26. The summed E-state index contributed by atoms with van der Waals surface area (Å²) in [6.45, 7) is 3.47. The molecule has 0 radical (unpaired) electrons. The molecule has 1 amide bonds. The second-order valence-electron chi connectivity index (χ2n) is 8.26. The first-order valence-electron chi connectivity index (χ1n) is 10.5. The molecule has 6 nitrogen and oxygen atoms in total. The minimum Gasteiger partial charge on any atom is -0.360 e. The lowest BCUT2D eigenvalue weighted by Gasteiger charge is -2.49. The van der Waals surface area contributed by atoms with E-state index in [1.54, 1.807) is 19.2 Å². The van der Waals surface area contributed by atoms with Gasteiger partial charge in [-0.25, -0.2) is 9.37 Å². The van der Waals surface area contributed by atoms with E-state index < -0.39 is 29.5 Å². The summed E-state index contributed by atoms with van der Waals surface area (Å²) in [6.07, 6.45) is -1.35. The van der Waals surface area contributed by atoms with E-state index in [2.05, 4.69) is 14.9 Å². The van der Waals surface area contributed by atoms with Crippen LogP contribution in [-0.2, 0) is 22.1 Å². The number of hydrogen-bond donors (Lipinski definition) is 0. The first kappa shape index (κ1) is 22.6. The topological polar surface area (TPSA) is 58.6 Å². The molecule has 4 rings (SSSR count). The molecular formula is C22H24F4N4O2. The van der Waals surface area contributed by atoms with Crippen LogP contribution in [0.1, 0.15) is 31.2 Å². The summed E-state index contributed by atoms with van der Waals surface area (Å²) in [6, 6.07) is 5.59. The number of morpholine rings is 1. The van der Waals surface area contributed by atoms with Crippen molar-refractivity contribution in [2.75, 3.05) is 31.1 Å². The maximum absolute atomic E-state index is 13.8. The predicted molar refractivity (Wildman–Crippen MR) is 108 cm³/mol. The summed E-state index contributed by atoms with van der Waals surface area (Å²) >= 11 is 0. The van der Waals surface area contributed by atoms with Gasteiger partial charge >= 0.3 is 6.18 Å². The first-order valence-corrected chi connectivity index (χ1v) is 10.5. The molecule has 10 heteroatoms. The van der Waals surface area contributed by atoms with Crippen molar-refractivity contribution in [3.05, 3.63) is 53.9 Å². The Morgan fingerprint density at radius 2 is 1.84 bits per heavy atom. The van der Waals surface area contributed by atoms with Gasteiger partial charge in [0.2, 0.25) is 0 Å².